The average Bonchev–Trinajstić information content (AvgIpc) is 2.44. The zero-order valence-corrected chi connectivity index (χ0v) is 15.7. The zero-order chi connectivity index (χ0) is 16.4. The lowest BCUT2D eigenvalue weighted by atomic mass is 9.87. The van der Waals surface area contributed by atoms with E-state index in [4.69, 9.17) is 4.74 Å². The van der Waals surface area contributed by atoms with E-state index < -0.39 is 8.07 Å². The Morgan fingerprint density at radius 3 is 2.09 bits per heavy atom. The third-order valence-electron chi connectivity index (χ3n) is 3.89. The Labute approximate surface area is 136 Å². The molecule has 0 aliphatic heterocycles. The van der Waals surface area contributed by atoms with E-state index in [0.717, 1.165) is 5.75 Å². The van der Waals surface area contributed by atoms with Crippen molar-refractivity contribution in [2.75, 3.05) is 0 Å². The summed E-state index contributed by atoms with van der Waals surface area (Å²) in [7, 11) is -1.42. The number of hydrogen-bond acceptors (Lipinski definition) is 1. The minimum atomic E-state index is -1.42. The van der Waals surface area contributed by atoms with E-state index >= 15 is 0 Å². The lowest BCUT2D eigenvalue weighted by molar-refractivity contribution is 0.307. The van der Waals surface area contributed by atoms with Crippen LogP contribution in [0.1, 0.15) is 31.9 Å². The van der Waals surface area contributed by atoms with Gasteiger partial charge in [0.25, 0.3) is 0 Å². The highest BCUT2D eigenvalue weighted by Crippen LogP contribution is 2.26. The van der Waals surface area contributed by atoms with Crippen molar-refractivity contribution in [3.05, 3.63) is 59.7 Å². The van der Waals surface area contributed by atoms with Crippen molar-refractivity contribution in [1.82, 2.24) is 0 Å². The molecule has 2 aromatic rings. The van der Waals surface area contributed by atoms with Gasteiger partial charge in [-0.15, -0.1) is 0 Å². The summed E-state index contributed by atoms with van der Waals surface area (Å²) >= 11 is 0. The monoisotopic (exact) mass is 312 g/mol. The second-order valence-electron chi connectivity index (χ2n) is 7.99. The van der Waals surface area contributed by atoms with Crippen LogP contribution in [-0.2, 0) is 12.0 Å². The fraction of sp³-hybridized carbons (Fsp3) is 0.400. The van der Waals surface area contributed by atoms with Gasteiger partial charge in [0.15, 0.2) is 0 Å². The molecule has 0 unspecified atom stereocenters. The highest BCUT2D eigenvalue weighted by molar-refractivity contribution is 6.89. The molecule has 0 aliphatic rings. The molecule has 0 radical (unpaired) electrons. The van der Waals surface area contributed by atoms with Crippen molar-refractivity contribution in [3.8, 4) is 5.75 Å². The Balaban J connectivity index is 2.33. The van der Waals surface area contributed by atoms with Crippen LogP contribution in [0.3, 0.4) is 0 Å². The summed E-state index contributed by atoms with van der Waals surface area (Å²) in [5.74, 6) is 1.07. The third kappa shape index (κ3) is 4.23. The highest BCUT2D eigenvalue weighted by atomic mass is 28.3. The molecule has 2 heteroatoms. The second-order valence-corrected chi connectivity index (χ2v) is 13.0. The number of hydrogen-bond donors (Lipinski definition) is 0. The Kier molecular flexibility index (Phi) is 4.81. The minimum Gasteiger partial charge on any atom is -0.489 e. The third-order valence-corrected chi connectivity index (χ3v) is 5.92. The molecule has 1 nitrogen and oxygen atoms in total. The molecule has 22 heavy (non-hydrogen) atoms. The normalized spacial score (nSPS) is 12.3. The van der Waals surface area contributed by atoms with Crippen molar-refractivity contribution in [3.63, 3.8) is 0 Å². The number of ether oxygens (including phenoxy) is 1. The predicted octanol–water partition coefficient (Wildman–Crippen LogP) is 5.11. The van der Waals surface area contributed by atoms with Crippen LogP contribution < -0.4 is 9.92 Å². The summed E-state index contributed by atoms with van der Waals surface area (Å²) in [5.41, 5.74) is 2.69. The molecular weight excluding hydrogens is 284 g/mol. The van der Waals surface area contributed by atoms with Crippen LogP contribution in [0.15, 0.2) is 48.5 Å². The maximum Gasteiger partial charge on any atom is 0.119 e. The van der Waals surface area contributed by atoms with Gasteiger partial charge >= 0.3 is 0 Å². The molecule has 0 atom stereocenters. The molecule has 0 aliphatic carbocycles. The van der Waals surface area contributed by atoms with Gasteiger partial charge in [-0.2, -0.15) is 0 Å². The summed E-state index contributed by atoms with van der Waals surface area (Å²) in [6.07, 6.45) is 0. The Morgan fingerprint density at radius 2 is 1.55 bits per heavy atom. The Bertz CT molecular complexity index is 618. The summed E-state index contributed by atoms with van der Waals surface area (Å²) in [6, 6.07) is 17.2. The first-order valence-corrected chi connectivity index (χ1v) is 11.5. The largest absolute Gasteiger partial charge is 0.489 e. The first-order chi connectivity index (χ1) is 10.2. The smallest absolute Gasteiger partial charge is 0.119 e. The average molecular weight is 313 g/mol. The van der Waals surface area contributed by atoms with Crippen LogP contribution in [0.5, 0.6) is 5.75 Å². The first-order valence-electron chi connectivity index (χ1n) is 8.00. The summed E-state index contributed by atoms with van der Waals surface area (Å²) in [6.45, 7) is 14.5. The summed E-state index contributed by atoms with van der Waals surface area (Å²) in [4.78, 5) is 0. The van der Waals surface area contributed by atoms with Crippen LogP contribution in [0.25, 0.3) is 0 Å². The lowest BCUT2D eigenvalue weighted by Gasteiger charge is -2.25. The van der Waals surface area contributed by atoms with E-state index in [-0.39, 0.29) is 5.41 Å². The van der Waals surface area contributed by atoms with E-state index in [9.17, 15) is 0 Å². The van der Waals surface area contributed by atoms with Gasteiger partial charge in [0.2, 0.25) is 0 Å². The van der Waals surface area contributed by atoms with E-state index in [1.165, 1.54) is 16.3 Å². The van der Waals surface area contributed by atoms with Crippen molar-refractivity contribution in [2.45, 2.75) is 52.4 Å². The fourth-order valence-corrected chi connectivity index (χ4v) is 3.93. The first kappa shape index (κ1) is 16.8. The summed E-state index contributed by atoms with van der Waals surface area (Å²) in [5, 5.41) is 1.40. The van der Waals surface area contributed by atoms with Gasteiger partial charge in [-0.05, 0) is 27.8 Å². The molecule has 0 fully saturated rings. The fourth-order valence-electron chi connectivity index (χ4n) is 2.46. The van der Waals surface area contributed by atoms with Gasteiger partial charge in [0.1, 0.15) is 12.4 Å². The van der Waals surface area contributed by atoms with Crippen molar-refractivity contribution in [1.29, 1.82) is 0 Å². The van der Waals surface area contributed by atoms with Crippen LogP contribution in [0, 0.1) is 0 Å². The minimum absolute atomic E-state index is 0.142. The van der Waals surface area contributed by atoms with Gasteiger partial charge in [0, 0.05) is 0 Å². The molecule has 0 saturated heterocycles. The van der Waals surface area contributed by atoms with Gasteiger partial charge in [0.05, 0.1) is 8.07 Å². The second kappa shape index (κ2) is 6.29. The van der Waals surface area contributed by atoms with Crippen LogP contribution in [-0.4, -0.2) is 8.07 Å². The van der Waals surface area contributed by atoms with Crippen molar-refractivity contribution < 1.29 is 4.74 Å². The molecule has 0 heterocycles. The van der Waals surface area contributed by atoms with E-state index in [1.54, 1.807) is 0 Å². The molecule has 2 aromatic carbocycles. The molecule has 0 bridgehead atoms. The van der Waals surface area contributed by atoms with Gasteiger partial charge in [-0.25, -0.2) is 0 Å². The van der Waals surface area contributed by atoms with E-state index in [0.29, 0.717) is 6.61 Å². The molecule has 0 amide bonds. The zero-order valence-electron chi connectivity index (χ0n) is 14.7. The standard InChI is InChI=1S/C20H28OSi/c1-20(2,3)17-12-13-19(22(4,5)6)18(14-17)21-15-16-10-8-7-9-11-16/h7-14H,15H2,1-6H3. The van der Waals surface area contributed by atoms with E-state index in [2.05, 4.69) is 82.9 Å². The topological polar surface area (TPSA) is 9.23 Å². The summed E-state index contributed by atoms with van der Waals surface area (Å²) < 4.78 is 6.22. The quantitative estimate of drug-likeness (QED) is 0.713. The van der Waals surface area contributed by atoms with E-state index in [1.807, 2.05) is 6.07 Å². The number of rotatable bonds is 4. The van der Waals surface area contributed by atoms with Crippen LogP contribution in [0.2, 0.25) is 19.6 Å². The van der Waals surface area contributed by atoms with Crippen molar-refractivity contribution >= 4 is 13.3 Å². The van der Waals surface area contributed by atoms with Crippen LogP contribution in [0.4, 0.5) is 0 Å². The molecule has 0 N–H and O–H groups in total. The number of benzene rings is 2. The van der Waals surface area contributed by atoms with Gasteiger partial charge < -0.3 is 4.74 Å². The van der Waals surface area contributed by atoms with Gasteiger partial charge in [-0.3, -0.25) is 0 Å². The molecule has 0 saturated carbocycles. The predicted molar refractivity (Wildman–Crippen MR) is 98.9 cm³/mol. The highest BCUT2D eigenvalue weighted by Gasteiger charge is 2.23. The van der Waals surface area contributed by atoms with Crippen LogP contribution >= 0.6 is 0 Å². The lowest BCUT2D eigenvalue weighted by Crippen LogP contribution is -2.39. The molecule has 0 aromatic heterocycles. The molecule has 2 rings (SSSR count). The maximum atomic E-state index is 6.22. The molecular formula is C20H28OSi. The van der Waals surface area contributed by atoms with Crippen molar-refractivity contribution in [2.24, 2.45) is 0 Å². The Morgan fingerprint density at radius 1 is 0.909 bits per heavy atom. The Hall–Kier alpha value is -1.54. The molecule has 118 valence electrons. The maximum absolute atomic E-state index is 6.22. The molecule has 0 spiro atoms. The SMILES string of the molecule is CC(C)(C)c1ccc([Si](C)(C)C)c(OCc2ccccc2)c1. The van der Waals surface area contributed by atoms with Gasteiger partial charge in [-0.1, -0.05) is 82.9 Å².